The second kappa shape index (κ2) is 6.58. The molecule has 0 radical (unpaired) electrons. The van der Waals surface area contributed by atoms with E-state index in [1.54, 1.807) is 0 Å². The van der Waals surface area contributed by atoms with Crippen molar-refractivity contribution in [2.75, 3.05) is 20.2 Å². The first-order valence-corrected chi connectivity index (χ1v) is 5.93. The molecule has 0 fully saturated rings. The molecular formula is C13H15F4NO2. The fourth-order valence-electron chi connectivity index (χ4n) is 1.70. The molecule has 0 aromatic heterocycles. The highest BCUT2D eigenvalue weighted by Gasteiger charge is 2.32. The summed E-state index contributed by atoms with van der Waals surface area (Å²) in [6.07, 6.45) is -4.73. The van der Waals surface area contributed by atoms with Gasteiger partial charge in [0.15, 0.2) is 11.6 Å². The number of ether oxygens (including phenoxy) is 1. The Labute approximate surface area is 114 Å². The third kappa shape index (κ3) is 4.71. The summed E-state index contributed by atoms with van der Waals surface area (Å²) >= 11 is 0. The fraction of sp³-hybridized carbons (Fsp3) is 0.462. The first-order valence-electron chi connectivity index (χ1n) is 5.93. The van der Waals surface area contributed by atoms with Gasteiger partial charge in [-0.1, -0.05) is 6.07 Å². The van der Waals surface area contributed by atoms with Crippen molar-refractivity contribution in [3.63, 3.8) is 0 Å². The molecule has 0 aliphatic heterocycles. The van der Waals surface area contributed by atoms with Crippen molar-refractivity contribution in [1.82, 2.24) is 4.90 Å². The average molecular weight is 293 g/mol. The molecule has 112 valence electrons. The molecule has 0 bridgehead atoms. The van der Waals surface area contributed by atoms with E-state index in [1.165, 1.54) is 26.2 Å². The Morgan fingerprint density at radius 2 is 2.00 bits per heavy atom. The van der Waals surface area contributed by atoms with Crippen LogP contribution in [0.5, 0.6) is 5.75 Å². The SMILES string of the molecule is CCN(CC(F)(F)F)C(=O)Cc1ccc(OC)c(F)c1. The summed E-state index contributed by atoms with van der Waals surface area (Å²) in [7, 11) is 1.30. The number of nitrogens with zero attached hydrogens (tertiary/aromatic N) is 1. The quantitative estimate of drug-likeness (QED) is 0.781. The van der Waals surface area contributed by atoms with E-state index in [0.717, 1.165) is 6.07 Å². The van der Waals surface area contributed by atoms with Crippen LogP contribution in [-0.2, 0) is 11.2 Å². The summed E-state index contributed by atoms with van der Waals surface area (Å²) in [5.41, 5.74) is 0.300. The standard InChI is InChI=1S/C13H15F4NO2/c1-3-18(8-13(15,16)17)12(19)7-9-4-5-11(20-2)10(14)6-9/h4-6H,3,7-8H2,1-2H3. The monoisotopic (exact) mass is 293 g/mol. The number of likely N-dealkylation sites (N-methyl/N-ethyl adjacent to an activating group) is 1. The van der Waals surface area contributed by atoms with E-state index < -0.39 is 24.4 Å². The Hall–Kier alpha value is -1.79. The van der Waals surface area contributed by atoms with Crippen molar-refractivity contribution >= 4 is 5.91 Å². The molecule has 7 heteroatoms. The van der Waals surface area contributed by atoms with Gasteiger partial charge in [0.2, 0.25) is 5.91 Å². The number of hydrogen-bond donors (Lipinski definition) is 0. The summed E-state index contributed by atoms with van der Waals surface area (Å²) in [6, 6.07) is 3.86. The van der Waals surface area contributed by atoms with Crippen LogP contribution in [0.1, 0.15) is 12.5 Å². The van der Waals surface area contributed by atoms with E-state index >= 15 is 0 Å². The number of hydrogen-bond acceptors (Lipinski definition) is 2. The molecule has 0 saturated carbocycles. The number of methoxy groups -OCH3 is 1. The third-order valence-electron chi connectivity index (χ3n) is 2.68. The predicted molar refractivity (Wildman–Crippen MR) is 65.0 cm³/mol. The second-order valence-electron chi connectivity index (χ2n) is 4.17. The maximum atomic E-state index is 13.4. The van der Waals surface area contributed by atoms with Crippen LogP contribution in [0, 0.1) is 5.82 Å². The molecule has 0 N–H and O–H groups in total. The number of rotatable bonds is 5. The van der Waals surface area contributed by atoms with E-state index in [2.05, 4.69) is 0 Å². The minimum atomic E-state index is -4.45. The van der Waals surface area contributed by atoms with Crippen molar-refractivity contribution in [2.24, 2.45) is 0 Å². The van der Waals surface area contributed by atoms with E-state index in [0.29, 0.717) is 10.5 Å². The van der Waals surface area contributed by atoms with Crippen LogP contribution in [0.2, 0.25) is 0 Å². The molecule has 0 aliphatic rings. The van der Waals surface area contributed by atoms with Gasteiger partial charge in [-0.3, -0.25) is 4.79 Å². The zero-order chi connectivity index (χ0) is 15.3. The van der Waals surface area contributed by atoms with Crippen molar-refractivity contribution in [3.8, 4) is 5.75 Å². The molecule has 1 rings (SSSR count). The lowest BCUT2D eigenvalue weighted by molar-refractivity contribution is -0.160. The molecule has 1 aromatic rings. The highest BCUT2D eigenvalue weighted by molar-refractivity contribution is 5.78. The highest BCUT2D eigenvalue weighted by atomic mass is 19.4. The van der Waals surface area contributed by atoms with Gasteiger partial charge in [-0.15, -0.1) is 0 Å². The number of halogens is 4. The number of benzene rings is 1. The molecular weight excluding hydrogens is 278 g/mol. The lowest BCUT2D eigenvalue weighted by Crippen LogP contribution is -2.39. The van der Waals surface area contributed by atoms with Crippen molar-refractivity contribution in [3.05, 3.63) is 29.6 Å². The largest absolute Gasteiger partial charge is 0.494 e. The molecule has 0 spiro atoms. The van der Waals surface area contributed by atoms with Crippen LogP contribution in [0.15, 0.2) is 18.2 Å². The van der Waals surface area contributed by atoms with Crippen LogP contribution < -0.4 is 4.74 Å². The lowest BCUT2D eigenvalue weighted by atomic mass is 10.1. The Bertz CT molecular complexity index is 474. The van der Waals surface area contributed by atoms with E-state index in [-0.39, 0.29) is 18.7 Å². The smallest absolute Gasteiger partial charge is 0.406 e. The minimum absolute atomic E-state index is 0.0174. The third-order valence-corrected chi connectivity index (χ3v) is 2.68. The van der Waals surface area contributed by atoms with Gasteiger partial charge in [0.05, 0.1) is 13.5 Å². The lowest BCUT2D eigenvalue weighted by Gasteiger charge is -2.22. The topological polar surface area (TPSA) is 29.5 Å². The number of carbonyl (C=O) groups is 1. The van der Waals surface area contributed by atoms with Gasteiger partial charge in [-0.05, 0) is 24.6 Å². The molecule has 0 saturated heterocycles. The zero-order valence-corrected chi connectivity index (χ0v) is 11.1. The van der Waals surface area contributed by atoms with E-state index in [4.69, 9.17) is 4.74 Å². The average Bonchev–Trinajstić information content (AvgIpc) is 2.35. The number of carbonyl (C=O) groups excluding carboxylic acids is 1. The number of amides is 1. The molecule has 3 nitrogen and oxygen atoms in total. The molecule has 0 atom stereocenters. The molecule has 0 unspecified atom stereocenters. The fourth-order valence-corrected chi connectivity index (χ4v) is 1.70. The van der Waals surface area contributed by atoms with Crippen LogP contribution in [0.25, 0.3) is 0 Å². The Morgan fingerprint density at radius 3 is 2.45 bits per heavy atom. The van der Waals surface area contributed by atoms with Crippen molar-refractivity contribution < 1.29 is 27.1 Å². The summed E-state index contributed by atoms with van der Waals surface area (Å²) < 4.78 is 55.0. The Kier molecular flexibility index (Phi) is 5.35. The van der Waals surface area contributed by atoms with E-state index in [1.807, 2.05) is 0 Å². The van der Waals surface area contributed by atoms with Crippen molar-refractivity contribution in [1.29, 1.82) is 0 Å². The van der Waals surface area contributed by atoms with Gasteiger partial charge in [0.1, 0.15) is 6.54 Å². The van der Waals surface area contributed by atoms with Crippen LogP contribution in [0.4, 0.5) is 17.6 Å². The summed E-state index contributed by atoms with van der Waals surface area (Å²) in [4.78, 5) is 12.4. The maximum Gasteiger partial charge on any atom is 0.406 e. The summed E-state index contributed by atoms with van der Waals surface area (Å²) in [6.45, 7) is 0.0934. The normalized spacial score (nSPS) is 11.3. The van der Waals surface area contributed by atoms with Gasteiger partial charge >= 0.3 is 6.18 Å². The van der Waals surface area contributed by atoms with Crippen LogP contribution in [0.3, 0.4) is 0 Å². The van der Waals surface area contributed by atoms with Crippen LogP contribution in [-0.4, -0.2) is 37.2 Å². The first-order chi connectivity index (χ1) is 9.26. The molecule has 0 aliphatic carbocycles. The van der Waals surface area contributed by atoms with E-state index in [9.17, 15) is 22.4 Å². The Morgan fingerprint density at radius 1 is 1.35 bits per heavy atom. The summed E-state index contributed by atoms with van der Waals surface area (Å²) in [5, 5.41) is 0. The minimum Gasteiger partial charge on any atom is -0.494 e. The second-order valence-corrected chi connectivity index (χ2v) is 4.17. The van der Waals surface area contributed by atoms with Crippen LogP contribution >= 0.6 is 0 Å². The zero-order valence-electron chi connectivity index (χ0n) is 11.1. The predicted octanol–water partition coefficient (Wildman–Crippen LogP) is 2.79. The molecule has 1 amide bonds. The molecule has 20 heavy (non-hydrogen) atoms. The van der Waals surface area contributed by atoms with Gasteiger partial charge in [0, 0.05) is 6.54 Å². The van der Waals surface area contributed by atoms with Crippen molar-refractivity contribution in [2.45, 2.75) is 19.5 Å². The van der Waals surface area contributed by atoms with Gasteiger partial charge < -0.3 is 9.64 Å². The van der Waals surface area contributed by atoms with Gasteiger partial charge in [0.25, 0.3) is 0 Å². The number of alkyl halides is 3. The Balaban J connectivity index is 2.76. The van der Waals surface area contributed by atoms with Gasteiger partial charge in [-0.2, -0.15) is 13.2 Å². The maximum absolute atomic E-state index is 13.4. The first kappa shape index (κ1) is 16.3. The molecule has 0 heterocycles. The summed E-state index contributed by atoms with van der Waals surface area (Å²) in [5.74, 6) is -1.34. The highest BCUT2D eigenvalue weighted by Crippen LogP contribution is 2.20. The molecule has 1 aromatic carbocycles. The van der Waals surface area contributed by atoms with Gasteiger partial charge in [-0.25, -0.2) is 4.39 Å².